The number of hydrogen-bond donors (Lipinski definition) is 2. The molecule has 0 amide bonds. The monoisotopic (exact) mass is 570 g/mol. The number of ether oxygens (including phenoxy) is 1. The van der Waals surface area contributed by atoms with E-state index in [9.17, 15) is 29.4 Å². The van der Waals surface area contributed by atoms with Gasteiger partial charge in [0.2, 0.25) is 0 Å². The van der Waals surface area contributed by atoms with Gasteiger partial charge in [0.05, 0.1) is 18.6 Å². The lowest BCUT2D eigenvalue weighted by molar-refractivity contribution is -0.152. The molecule has 0 aliphatic heterocycles. The molecule has 8 nitrogen and oxygen atoms in total. The SMILES string of the molecule is CC(=O)OC(C/C=C(\C)CCCC(C)C(O)C(C)C(=O)C(C)(C)C(CC(=O)O)O[Si](C)(C)C(C)(C)C)C(C)=O. The van der Waals surface area contributed by atoms with Gasteiger partial charge in [0.25, 0.3) is 0 Å². The summed E-state index contributed by atoms with van der Waals surface area (Å²) in [6.45, 7) is 22.0. The number of aliphatic hydroxyl groups excluding tert-OH is 1. The number of allylic oxidation sites excluding steroid dienone is 1. The average Bonchev–Trinajstić information content (AvgIpc) is 2.77. The fourth-order valence-corrected chi connectivity index (χ4v) is 5.75. The second-order valence-electron chi connectivity index (χ2n) is 13.2. The van der Waals surface area contributed by atoms with E-state index in [1.807, 2.05) is 33.0 Å². The molecule has 0 aromatic heterocycles. The summed E-state index contributed by atoms with van der Waals surface area (Å²) >= 11 is 0. The number of aliphatic carboxylic acids is 1. The fourth-order valence-electron chi connectivity index (χ4n) is 4.31. The number of aliphatic hydroxyl groups is 1. The van der Waals surface area contributed by atoms with Crippen molar-refractivity contribution in [2.45, 2.75) is 138 Å². The number of carbonyl (C=O) groups is 4. The summed E-state index contributed by atoms with van der Waals surface area (Å²) in [7, 11) is -2.36. The maximum Gasteiger partial charge on any atom is 0.305 e. The van der Waals surface area contributed by atoms with Crippen LogP contribution in [0.3, 0.4) is 0 Å². The second kappa shape index (κ2) is 15.2. The van der Waals surface area contributed by atoms with Crippen LogP contribution in [0.4, 0.5) is 0 Å². The molecule has 2 N–H and O–H groups in total. The molecule has 226 valence electrons. The summed E-state index contributed by atoms with van der Waals surface area (Å²) in [6.07, 6.45) is 1.69. The van der Waals surface area contributed by atoms with Crippen molar-refractivity contribution in [1.29, 1.82) is 0 Å². The van der Waals surface area contributed by atoms with Crippen LogP contribution in [0.1, 0.15) is 101 Å². The van der Waals surface area contributed by atoms with Crippen LogP contribution in [0.15, 0.2) is 11.6 Å². The van der Waals surface area contributed by atoms with Gasteiger partial charge in [0, 0.05) is 24.7 Å². The third kappa shape index (κ3) is 12.1. The number of Topliss-reactive ketones (excluding diaryl/α,β-unsaturated/α-hetero) is 2. The Bertz CT molecular complexity index is 884. The standard InChI is InChI=1S/C30H54O8Si/c1-19(16-17-24(22(4)31)37-23(5)32)14-13-15-20(2)27(35)21(3)28(36)30(9,10)25(18-26(33)34)38-39(11,12)29(6,7)8/h16,20-21,24-25,27,35H,13-15,17-18H2,1-12H3,(H,33,34)/b19-16+. The predicted octanol–water partition coefficient (Wildman–Crippen LogP) is 6.11. The Kier molecular flexibility index (Phi) is 14.5. The highest BCUT2D eigenvalue weighted by Crippen LogP contribution is 2.41. The Morgan fingerprint density at radius 2 is 1.51 bits per heavy atom. The maximum absolute atomic E-state index is 13.6. The Hall–Kier alpha value is -1.84. The van der Waals surface area contributed by atoms with Crippen molar-refractivity contribution in [3.05, 3.63) is 11.6 Å². The van der Waals surface area contributed by atoms with Crippen molar-refractivity contribution in [1.82, 2.24) is 0 Å². The van der Waals surface area contributed by atoms with Gasteiger partial charge in [0.1, 0.15) is 5.78 Å². The van der Waals surface area contributed by atoms with Gasteiger partial charge in [-0.15, -0.1) is 0 Å². The van der Waals surface area contributed by atoms with E-state index < -0.39 is 49.9 Å². The summed E-state index contributed by atoms with van der Waals surface area (Å²) in [5.41, 5.74) is -0.0395. The average molecular weight is 571 g/mol. The highest BCUT2D eigenvalue weighted by Gasteiger charge is 2.48. The quantitative estimate of drug-likeness (QED) is 0.122. The molecule has 0 heterocycles. The van der Waals surface area contributed by atoms with E-state index in [0.717, 1.165) is 18.4 Å². The third-order valence-corrected chi connectivity index (χ3v) is 12.7. The van der Waals surface area contributed by atoms with Gasteiger partial charge in [-0.25, -0.2) is 0 Å². The van der Waals surface area contributed by atoms with E-state index in [1.54, 1.807) is 20.8 Å². The molecule has 0 aromatic carbocycles. The van der Waals surface area contributed by atoms with Crippen LogP contribution in [0.2, 0.25) is 18.1 Å². The number of carbonyl (C=O) groups excluding carboxylic acids is 3. The van der Waals surface area contributed by atoms with E-state index >= 15 is 0 Å². The van der Waals surface area contributed by atoms with Crippen molar-refractivity contribution < 1.29 is 38.6 Å². The van der Waals surface area contributed by atoms with E-state index in [2.05, 4.69) is 20.8 Å². The number of carboxylic acid groups (broad SMARTS) is 1. The molecule has 0 aliphatic carbocycles. The molecule has 0 bridgehead atoms. The van der Waals surface area contributed by atoms with E-state index in [1.165, 1.54) is 13.8 Å². The first-order valence-electron chi connectivity index (χ1n) is 14.0. The largest absolute Gasteiger partial charge is 0.481 e. The normalized spacial score (nSPS) is 17.1. The van der Waals surface area contributed by atoms with Crippen molar-refractivity contribution in [3.63, 3.8) is 0 Å². The van der Waals surface area contributed by atoms with Crippen LogP contribution < -0.4 is 0 Å². The van der Waals surface area contributed by atoms with Gasteiger partial charge in [-0.2, -0.15) is 0 Å². The number of esters is 1. The summed E-state index contributed by atoms with van der Waals surface area (Å²) in [6, 6.07) is 0. The fraction of sp³-hybridized carbons (Fsp3) is 0.800. The predicted molar refractivity (Wildman–Crippen MR) is 156 cm³/mol. The molecule has 0 fully saturated rings. The Morgan fingerprint density at radius 3 is 1.95 bits per heavy atom. The first-order valence-corrected chi connectivity index (χ1v) is 16.9. The summed E-state index contributed by atoms with van der Waals surface area (Å²) < 4.78 is 11.5. The highest BCUT2D eigenvalue weighted by molar-refractivity contribution is 6.74. The maximum atomic E-state index is 13.6. The minimum Gasteiger partial charge on any atom is -0.481 e. The molecule has 9 heteroatoms. The number of rotatable bonds is 17. The van der Waals surface area contributed by atoms with Gasteiger partial charge < -0.3 is 19.4 Å². The van der Waals surface area contributed by atoms with Gasteiger partial charge >= 0.3 is 11.9 Å². The van der Waals surface area contributed by atoms with E-state index in [-0.39, 0.29) is 28.9 Å². The topological polar surface area (TPSA) is 127 Å². The van der Waals surface area contributed by atoms with Gasteiger partial charge in [0.15, 0.2) is 20.2 Å². The van der Waals surface area contributed by atoms with Crippen LogP contribution in [-0.4, -0.2) is 60.3 Å². The molecule has 0 saturated heterocycles. The lowest BCUT2D eigenvalue weighted by Gasteiger charge is -2.44. The lowest BCUT2D eigenvalue weighted by Crippen LogP contribution is -2.52. The Morgan fingerprint density at radius 1 is 0.974 bits per heavy atom. The van der Waals surface area contributed by atoms with E-state index in [4.69, 9.17) is 9.16 Å². The van der Waals surface area contributed by atoms with Gasteiger partial charge in [-0.3, -0.25) is 19.2 Å². The molecule has 0 aliphatic rings. The first kappa shape index (κ1) is 37.2. The molecule has 5 unspecified atom stereocenters. The van der Waals surface area contributed by atoms with Crippen LogP contribution in [0, 0.1) is 17.3 Å². The zero-order valence-electron chi connectivity index (χ0n) is 26.3. The molecular formula is C30H54O8Si. The van der Waals surface area contributed by atoms with Crippen molar-refractivity contribution >= 4 is 31.8 Å². The molecule has 0 spiro atoms. The molecule has 39 heavy (non-hydrogen) atoms. The zero-order chi connectivity index (χ0) is 30.9. The van der Waals surface area contributed by atoms with Crippen LogP contribution >= 0.6 is 0 Å². The van der Waals surface area contributed by atoms with Crippen molar-refractivity contribution in [2.24, 2.45) is 17.3 Å². The van der Waals surface area contributed by atoms with E-state index in [0.29, 0.717) is 12.8 Å². The molecular weight excluding hydrogens is 516 g/mol. The van der Waals surface area contributed by atoms with Crippen LogP contribution in [0.5, 0.6) is 0 Å². The minimum atomic E-state index is -2.36. The van der Waals surface area contributed by atoms with Gasteiger partial charge in [-0.05, 0) is 57.2 Å². The summed E-state index contributed by atoms with van der Waals surface area (Å²) in [4.78, 5) is 48.2. The van der Waals surface area contributed by atoms with Crippen molar-refractivity contribution in [2.75, 3.05) is 0 Å². The van der Waals surface area contributed by atoms with Crippen molar-refractivity contribution in [3.8, 4) is 0 Å². The Balaban J connectivity index is 5.32. The third-order valence-electron chi connectivity index (χ3n) is 8.22. The second-order valence-corrected chi connectivity index (χ2v) is 18.0. The summed E-state index contributed by atoms with van der Waals surface area (Å²) in [5, 5.41) is 20.5. The van der Waals surface area contributed by atoms with Crippen LogP contribution in [0.25, 0.3) is 0 Å². The minimum absolute atomic E-state index is 0.150. The summed E-state index contributed by atoms with van der Waals surface area (Å²) in [5.74, 6) is -2.76. The highest BCUT2D eigenvalue weighted by atomic mass is 28.4. The Labute approximate surface area is 237 Å². The molecule has 0 saturated carbocycles. The molecule has 0 radical (unpaired) electrons. The molecule has 0 rings (SSSR count). The lowest BCUT2D eigenvalue weighted by atomic mass is 9.73. The number of ketones is 2. The van der Waals surface area contributed by atoms with Crippen LogP contribution in [-0.2, 0) is 28.3 Å². The number of carboxylic acids is 1. The molecule has 5 atom stereocenters. The smallest absolute Gasteiger partial charge is 0.305 e. The zero-order valence-corrected chi connectivity index (χ0v) is 27.3. The van der Waals surface area contributed by atoms with Gasteiger partial charge in [-0.1, -0.05) is 60.1 Å². The number of hydrogen-bond acceptors (Lipinski definition) is 7. The first-order chi connectivity index (χ1) is 17.5. The molecule has 0 aromatic rings.